The van der Waals surface area contributed by atoms with Crippen molar-refractivity contribution in [2.45, 2.75) is 32.6 Å². The predicted octanol–water partition coefficient (Wildman–Crippen LogP) is 2.45. The molecule has 0 aliphatic carbocycles. The van der Waals surface area contributed by atoms with Gasteiger partial charge in [0.1, 0.15) is 0 Å². The lowest BCUT2D eigenvalue weighted by atomic mass is 10.0. The molecule has 106 valence electrons. The number of hydrogen-bond donors (Lipinski definition) is 1. The third-order valence-electron chi connectivity index (χ3n) is 3.55. The molecule has 1 atom stereocenters. The Kier molecular flexibility index (Phi) is 7.19. The maximum absolute atomic E-state index is 12.0. The Hall–Kier alpha value is -1.35. The van der Waals surface area contributed by atoms with Gasteiger partial charge in [-0.2, -0.15) is 0 Å². The first kappa shape index (κ1) is 15.7. The normalized spacial score (nSPS) is 12.2. The molecular weight excluding hydrogens is 236 g/mol. The van der Waals surface area contributed by atoms with E-state index in [9.17, 15) is 4.79 Å². The molecule has 2 N–H and O–H groups in total. The molecule has 0 spiro atoms. The van der Waals surface area contributed by atoms with Crippen LogP contribution in [0.1, 0.15) is 31.7 Å². The summed E-state index contributed by atoms with van der Waals surface area (Å²) >= 11 is 0. The van der Waals surface area contributed by atoms with Crippen LogP contribution < -0.4 is 5.73 Å². The Labute approximate surface area is 116 Å². The lowest BCUT2D eigenvalue weighted by Crippen LogP contribution is -2.36. The van der Waals surface area contributed by atoms with Gasteiger partial charge in [-0.05, 0) is 31.2 Å². The quantitative estimate of drug-likeness (QED) is 0.731. The summed E-state index contributed by atoms with van der Waals surface area (Å²) in [7, 11) is 1.88. The molecule has 0 aliphatic rings. The molecule has 0 fully saturated rings. The van der Waals surface area contributed by atoms with Crippen LogP contribution >= 0.6 is 0 Å². The summed E-state index contributed by atoms with van der Waals surface area (Å²) in [5, 5.41) is 0. The van der Waals surface area contributed by atoms with Crippen molar-refractivity contribution in [3.8, 4) is 0 Å². The van der Waals surface area contributed by atoms with Gasteiger partial charge in [0.2, 0.25) is 5.91 Å². The Morgan fingerprint density at radius 3 is 2.53 bits per heavy atom. The molecule has 3 heteroatoms. The van der Waals surface area contributed by atoms with Gasteiger partial charge in [0, 0.05) is 20.1 Å². The molecule has 0 radical (unpaired) electrons. The first-order valence-corrected chi connectivity index (χ1v) is 7.18. The fraction of sp³-hybridized carbons (Fsp3) is 0.562. The lowest BCUT2D eigenvalue weighted by Gasteiger charge is -2.22. The van der Waals surface area contributed by atoms with Gasteiger partial charge < -0.3 is 10.6 Å². The number of aryl methyl sites for hydroxylation is 1. The minimum atomic E-state index is -0.0147. The number of nitrogens with zero attached hydrogens (tertiary/aromatic N) is 1. The molecule has 1 rings (SSSR count). The van der Waals surface area contributed by atoms with Gasteiger partial charge in [-0.15, -0.1) is 0 Å². The third kappa shape index (κ3) is 5.43. The molecule has 0 aliphatic heterocycles. The van der Waals surface area contributed by atoms with Crippen LogP contribution in [0, 0.1) is 5.92 Å². The van der Waals surface area contributed by atoms with Gasteiger partial charge >= 0.3 is 0 Å². The fourth-order valence-electron chi connectivity index (χ4n) is 2.19. The van der Waals surface area contributed by atoms with Crippen LogP contribution in [0.3, 0.4) is 0 Å². The van der Waals surface area contributed by atoms with E-state index < -0.39 is 0 Å². The zero-order chi connectivity index (χ0) is 14.1. The number of nitrogens with two attached hydrogens (primary N) is 1. The van der Waals surface area contributed by atoms with Crippen molar-refractivity contribution in [3.05, 3.63) is 35.9 Å². The van der Waals surface area contributed by atoms with E-state index in [4.69, 9.17) is 5.73 Å². The Morgan fingerprint density at radius 2 is 1.95 bits per heavy atom. The molecule has 1 unspecified atom stereocenters. The minimum Gasteiger partial charge on any atom is -0.345 e. The van der Waals surface area contributed by atoms with E-state index >= 15 is 0 Å². The topological polar surface area (TPSA) is 46.3 Å². The van der Waals surface area contributed by atoms with E-state index in [1.54, 1.807) is 0 Å². The SMILES string of the molecule is CCC(CN)C(=O)N(C)CCCCc1ccccc1. The van der Waals surface area contributed by atoms with E-state index in [2.05, 4.69) is 24.3 Å². The maximum Gasteiger partial charge on any atom is 0.226 e. The third-order valence-corrected chi connectivity index (χ3v) is 3.55. The molecule has 0 aromatic heterocycles. The summed E-state index contributed by atoms with van der Waals surface area (Å²) < 4.78 is 0. The van der Waals surface area contributed by atoms with Gasteiger partial charge in [-0.3, -0.25) is 4.79 Å². The van der Waals surface area contributed by atoms with E-state index in [0.717, 1.165) is 32.2 Å². The van der Waals surface area contributed by atoms with E-state index in [0.29, 0.717) is 6.54 Å². The lowest BCUT2D eigenvalue weighted by molar-refractivity contribution is -0.134. The van der Waals surface area contributed by atoms with Crippen molar-refractivity contribution in [1.82, 2.24) is 4.90 Å². The molecule has 1 aromatic rings. The smallest absolute Gasteiger partial charge is 0.226 e. The Morgan fingerprint density at radius 1 is 1.26 bits per heavy atom. The van der Waals surface area contributed by atoms with Gasteiger partial charge in [-0.25, -0.2) is 0 Å². The van der Waals surface area contributed by atoms with Crippen molar-refractivity contribution >= 4 is 5.91 Å². The number of carbonyl (C=O) groups is 1. The molecule has 1 aromatic carbocycles. The van der Waals surface area contributed by atoms with Crippen LogP contribution in [-0.4, -0.2) is 30.9 Å². The molecule has 0 bridgehead atoms. The molecular formula is C16H26N2O. The number of hydrogen-bond acceptors (Lipinski definition) is 2. The fourth-order valence-corrected chi connectivity index (χ4v) is 2.19. The monoisotopic (exact) mass is 262 g/mol. The van der Waals surface area contributed by atoms with Gasteiger partial charge in [0.25, 0.3) is 0 Å². The van der Waals surface area contributed by atoms with Gasteiger partial charge in [-0.1, -0.05) is 37.3 Å². The zero-order valence-corrected chi connectivity index (χ0v) is 12.1. The van der Waals surface area contributed by atoms with Crippen molar-refractivity contribution in [3.63, 3.8) is 0 Å². The summed E-state index contributed by atoms with van der Waals surface area (Å²) in [5.74, 6) is 0.170. The van der Waals surface area contributed by atoms with Crippen molar-refractivity contribution in [2.24, 2.45) is 11.7 Å². The highest BCUT2D eigenvalue weighted by Gasteiger charge is 2.18. The number of benzene rings is 1. The van der Waals surface area contributed by atoms with E-state index in [-0.39, 0.29) is 11.8 Å². The zero-order valence-electron chi connectivity index (χ0n) is 12.1. The summed E-state index contributed by atoms with van der Waals surface area (Å²) in [6, 6.07) is 10.5. The van der Waals surface area contributed by atoms with Crippen molar-refractivity contribution in [1.29, 1.82) is 0 Å². The van der Waals surface area contributed by atoms with E-state index in [1.165, 1.54) is 5.56 Å². The Bertz CT molecular complexity index is 360. The van der Waals surface area contributed by atoms with Crippen LogP contribution in [0.15, 0.2) is 30.3 Å². The average molecular weight is 262 g/mol. The highest BCUT2D eigenvalue weighted by Crippen LogP contribution is 2.08. The van der Waals surface area contributed by atoms with E-state index in [1.807, 2.05) is 24.9 Å². The van der Waals surface area contributed by atoms with Gasteiger partial charge in [0.15, 0.2) is 0 Å². The Balaban J connectivity index is 2.23. The highest BCUT2D eigenvalue weighted by molar-refractivity contribution is 5.78. The maximum atomic E-state index is 12.0. The second-order valence-corrected chi connectivity index (χ2v) is 5.04. The predicted molar refractivity (Wildman–Crippen MR) is 79.9 cm³/mol. The van der Waals surface area contributed by atoms with Crippen molar-refractivity contribution in [2.75, 3.05) is 20.1 Å². The first-order valence-electron chi connectivity index (χ1n) is 7.18. The summed E-state index contributed by atoms with van der Waals surface area (Å²) in [4.78, 5) is 13.8. The summed E-state index contributed by atoms with van der Waals surface area (Å²) in [6.45, 7) is 3.28. The average Bonchev–Trinajstić information content (AvgIpc) is 2.45. The summed E-state index contributed by atoms with van der Waals surface area (Å²) in [5.41, 5.74) is 6.97. The van der Waals surface area contributed by atoms with Crippen molar-refractivity contribution < 1.29 is 4.79 Å². The molecule has 19 heavy (non-hydrogen) atoms. The molecule has 0 heterocycles. The molecule has 0 saturated carbocycles. The first-order chi connectivity index (χ1) is 9.19. The number of unbranched alkanes of at least 4 members (excludes halogenated alkanes) is 1. The molecule has 0 saturated heterocycles. The largest absolute Gasteiger partial charge is 0.345 e. The van der Waals surface area contributed by atoms with Crippen LogP contribution in [-0.2, 0) is 11.2 Å². The molecule has 1 amide bonds. The molecule has 3 nitrogen and oxygen atoms in total. The van der Waals surface area contributed by atoms with Crippen LogP contribution in [0.25, 0.3) is 0 Å². The standard InChI is InChI=1S/C16H26N2O/c1-3-15(13-17)16(19)18(2)12-8-7-11-14-9-5-4-6-10-14/h4-6,9-10,15H,3,7-8,11-13,17H2,1-2H3. The van der Waals surface area contributed by atoms with Crippen LogP contribution in [0.2, 0.25) is 0 Å². The minimum absolute atomic E-state index is 0.0147. The van der Waals surface area contributed by atoms with Crippen LogP contribution in [0.4, 0.5) is 0 Å². The second kappa shape index (κ2) is 8.70. The highest BCUT2D eigenvalue weighted by atomic mass is 16.2. The summed E-state index contributed by atoms with van der Waals surface area (Å²) in [6.07, 6.45) is 4.06. The number of rotatable bonds is 8. The van der Waals surface area contributed by atoms with Crippen LogP contribution in [0.5, 0.6) is 0 Å². The van der Waals surface area contributed by atoms with Gasteiger partial charge in [0.05, 0.1) is 5.92 Å². The number of carbonyl (C=O) groups excluding carboxylic acids is 1. The second-order valence-electron chi connectivity index (χ2n) is 5.04. The number of amides is 1.